The molecule has 0 saturated heterocycles. The monoisotopic (exact) mass is 501 g/mol. The van der Waals surface area contributed by atoms with Gasteiger partial charge in [-0.2, -0.15) is 0 Å². The van der Waals surface area contributed by atoms with Crippen molar-refractivity contribution in [3.63, 3.8) is 0 Å². The van der Waals surface area contributed by atoms with Crippen LogP contribution in [0.15, 0.2) is 88.7 Å². The number of anilines is 1. The molecule has 0 heterocycles. The van der Waals surface area contributed by atoms with Gasteiger partial charge in [-0.15, -0.1) is 0 Å². The van der Waals surface area contributed by atoms with Gasteiger partial charge in [0.2, 0.25) is 15.9 Å². The number of primary sulfonamides is 1. The fourth-order valence-corrected chi connectivity index (χ4v) is 5.35. The fraction of sp³-hybridized carbons (Fsp3) is 0.208. The highest BCUT2D eigenvalue weighted by atomic mass is 32.2. The minimum atomic E-state index is -3.88. The molecule has 3 rings (SSSR count). The zero-order chi connectivity index (χ0) is 24.9. The zero-order valence-corrected chi connectivity index (χ0v) is 20.5. The average molecular weight is 502 g/mol. The van der Waals surface area contributed by atoms with Gasteiger partial charge in [0.05, 0.1) is 21.5 Å². The molecule has 1 atom stereocenters. The topological polar surface area (TPSA) is 127 Å². The van der Waals surface area contributed by atoms with E-state index in [0.29, 0.717) is 11.3 Å². The van der Waals surface area contributed by atoms with Crippen LogP contribution in [0.2, 0.25) is 0 Å². The van der Waals surface area contributed by atoms with Gasteiger partial charge in [0.25, 0.3) is 10.0 Å². The lowest BCUT2D eigenvalue weighted by atomic mass is 10.1. The van der Waals surface area contributed by atoms with E-state index in [2.05, 4.69) is 5.32 Å². The number of nitrogens with one attached hydrogen (secondary N) is 1. The lowest BCUT2D eigenvalue weighted by Gasteiger charge is -2.25. The van der Waals surface area contributed by atoms with E-state index in [1.54, 1.807) is 73.7 Å². The number of sulfonamides is 2. The summed E-state index contributed by atoms with van der Waals surface area (Å²) in [6.07, 6.45) is -0.0699. The van der Waals surface area contributed by atoms with Crippen LogP contribution < -0.4 is 14.8 Å². The number of nitrogens with two attached hydrogens (primary N) is 1. The van der Waals surface area contributed by atoms with E-state index in [-0.39, 0.29) is 28.7 Å². The van der Waals surface area contributed by atoms with Crippen LogP contribution in [0.3, 0.4) is 0 Å². The number of benzene rings is 3. The van der Waals surface area contributed by atoms with Crippen molar-refractivity contribution in [3.05, 3.63) is 90.0 Å². The second-order valence-corrected chi connectivity index (χ2v) is 11.3. The molecule has 0 aliphatic carbocycles. The van der Waals surface area contributed by atoms with Gasteiger partial charge < -0.3 is 5.32 Å². The van der Waals surface area contributed by atoms with Crippen LogP contribution in [0.5, 0.6) is 0 Å². The van der Waals surface area contributed by atoms with Crippen molar-refractivity contribution in [3.8, 4) is 0 Å². The van der Waals surface area contributed by atoms with Crippen molar-refractivity contribution >= 4 is 31.6 Å². The predicted octanol–water partition coefficient (Wildman–Crippen LogP) is 3.11. The first kappa shape index (κ1) is 25.4. The van der Waals surface area contributed by atoms with Crippen LogP contribution in [0.25, 0.3) is 0 Å². The maximum Gasteiger partial charge on any atom is 0.264 e. The van der Waals surface area contributed by atoms with Gasteiger partial charge in [-0.3, -0.25) is 9.10 Å². The Labute approximate surface area is 200 Å². The van der Waals surface area contributed by atoms with Gasteiger partial charge in [-0.05, 0) is 55.8 Å². The number of carbonyl (C=O) groups excluding carboxylic acids is 1. The third-order valence-electron chi connectivity index (χ3n) is 5.28. The Morgan fingerprint density at radius 2 is 1.44 bits per heavy atom. The molecule has 3 aromatic rings. The Morgan fingerprint density at radius 3 is 2.00 bits per heavy atom. The number of amides is 1. The highest BCUT2D eigenvalue weighted by molar-refractivity contribution is 7.92. The highest BCUT2D eigenvalue weighted by Crippen LogP contribution is 2.24. The largest absolute Gasteiger partial charge is 0.350 e. The Balaban J connectivity index is 1.74. The number of aryl methyl sites for hydroxylation is 1. The van der Waals surface area contributed by atoms with Crippen LogP contribution in [-0.2, 0) is 24.8 Å². The van der Waals surface area contributed by atoms with E-state index in [0.717, 1.165) is 5.56 Å². The minimum Gasteiger partial charge on any atom is -0.350 e. The molecule has 1 amide bonds. The summed E-state index contributed by atoms with van der Waals surface area (Å²) < 4.78 is 50.7. The number of hydrogen-bond acceptors (Lipinski definition) is 5. The third-order valence-corrected chi connectivity index (χ3v) is 8.05. The van der Waals surface area contributed by atoms with Crippen LogP contribution >= 0.6 is 0 Å². The molecule has 8 nitrogen and oxygen atoms in total. The summed E-state index contributed by atoms with van der Waals surface area (Å²) in [5, 5.41) is 7.93. The van der Waals surface area contributed by atoms with E-state index < -0.39 is 26.1 Å². The predicted molar refractivity (Wildman–Crippen MR) is 131 cm³/mol. The van der Waals surface area contributed by atoms with E-state index in [1.807, 2.05) is 6.92 Å². The molecular formula is C24H27N3O5S2. The molecule has 10 heteroatoms. The van der Waals surface area contributed by atoms with Crippen molar-refractivity contribution < 1.29 is 21.6 Å². The van der Waals surface area contributed by atoms with Crippen LogP contribution in [-0.4, -0.2) is 29.3 Å². The normalized spacial score (nSPS) is 12.7. The highest BCUT2D eigenvalue weighted by Gasteiger charge is 2.25. The number of hydrogen-bond donors (Lipinski definition) is 2. The quantitative estimate of drug-likeness (QED) is 0.466. The van der Waals surface area contributed by atoms with E-state index in [4.69, 9.17) is 5.14 Å². The molecule has 0 aliphatic rings. The molecular weight excluding hydrogens is 474 g/mol. The second-order valence-electron chi connectivity index (χ2n) is 7.88. The smallest absolute Gasteiger partial charge is 0.264 e. The molecule has 0 spiro atoms. The Morgan fingerprint density at radius 1 is 0.882 bits per heavy atom. The summed E-state index contributed by atoms with van der Waals surface area (Å²) in [6.45, 7) is 3.57. The molecule has 0 unspecified atom stereocenters. The summed E-state index contributed by atoms with van der Waals surface area (Å²) in [5.74, 6) is -0.344. The second kappa shape index (κ2) is 10.4. The fourth-order valence-electron chi connectivity index (χ4n) is 3.37. The lowest BCUT2D eigenvalue weighted by Crippen LogP contribution is -2.36. The Hall–Kier alpha value is -3.21. The summed E-state index contributed by atoms with van der Waals surface area (Å²) in [5.41, 5.74) is 2.09. The van der Waals surface area contributed by atoms with Gasteiger partial charge in [0, 0.05) is 13.0 Å². The molecule has 0 fully saturated rings. The van der Waals surface area contributed by atoms with Crippen molar-refractivity contribution in [1.82, 2.24) is 5.32 Å². The molecule has 3 N–H and O–H groups in total. The van der Waals surface area contributed by atoms with E-state index in [9.17, 15) is 21.6 Å². The Kier molecular flexibility index (Phi) is 7.75. The number of carbonyl (C=O) groups is 1. The SMILES string of the molecule is Cc1ccc(S(=O)(=O)N(CCC(=O)N[C@H](C)c2ccc(S(N)(=O)=O)cc2)c2ccccc2)cc1. The summed E-state index contributed by atoms with van der Waals surface area (Å²) >= 11 is 0. The summed E-state index contributed by atoms with van der Waals surface area (Å²) in [7, 11) is -7.68. The van der Waals surface area contributed by atoms with Gasteiger partial charge in [-0.25, -0.2) is 22.0 Å². The first-order valence-corrected chi connectivity index (χ1v) is 13.5. The standard InChI is InChI=1S/C24H27N3O5S2/c1-18-8-12-23(13-9-18)34(31,32)27(21-6-4-3-5-7-21)17-16-24(28)26-19(2)20-10-14-22(15-11-20)33(25,29)30/h3-15,19H,16-17H2,1-2H3,(H,26,28)(H2,25,29,30)/t19-/m1/s1. The van der Waals surface area contributed by atoms with Gasteiger partial charge in [0.15, 0.2) is 0 Å². The maximum absolute atomic E-state index is 13.3. The molecule has 180 valence electrons. The molecule has 34 heavy (non-hydrogen) atoms. The van der Waals surface area contributed by atoms with Crippen LogP contribution in [0.1, 0.15) is 30.5 Å². The van der Waals surface area contributed by atoms with Crippen molar-refractivity contribution in [2.75, 3.05) is 10.8 Å². The van der Waals surface area contributed by atoms with Gasteiger partial charge in [-0.1, -0.05) is 48.0 Å². The number of para-hydroxylation sites is 1. The van der Waals surface area contributed by atoms with Crippen molar-refractivity contribution in [2.24, 2.45) is 5.14 Å². The number of rotatable bonds is 9. The van der Waals surface area contributed by atoms with Gasteiger partial charge >= 0.3 is 0 Å². The molecule has 0 saturated carbocycles. The van der Waals surface area contributed by atoms with Crippen molar-refractivity contribution in [2.45, 2.75) is 36.1 Å². The molecule has 0 bridgehead atoms. The Bertz CT molecular complexity index is 1340. The molecule has 3 aromatic carbocycles. The minimum absolute atomic E-state index is 0.0189. The summed E-state index contributed by atoms with van der Waals surface area (Å²) in [4.78, 5) is 12.8. The first-order valence-electron chi connectivity index (χ1n) is 10.5. The third kappa shape index (κ3) is 6.22. The molecule has 0 aliphatic heterocycles. The van der Waals surface area contributed by atoms with Crippen LogP contribution in [0, 0.1) is 6.92 Å². The van der Waals surface area contributed by atoms with Gasteiger partial charge in [0.1, 0.15) is 0 Å². The van der Waals surface area contributed by atoms with E-state index >= 15 is 0 Å². The average Bonchev–Trinajstić information content (AvgIpc) is 2.79. The maximum atomic E-state index is 13.3. The van der Waals surface area contributed by atoms with Crippen LogP contribution in [0.4, 0.5) is 5.69 Å². The lowest BCUT2D eigenvalue weighted by molar-refractivity contribution is -0.121. The zero-order valence-electron chi connectivity index (χ0n) is 18.9. The molecule has 0 radical (unpaired) electrons. The number of nitrogens with zero attached hydrogens (tertiary/aromatic N) is 1. The van der Waals surface area contributed by atoms with Crippen molar-refractivity contribution in [1.29, 1.82) is 0 Å². The first-order chi connectivity index (χ1) is 16.0. The summed E-state index contributed by atoms with van der Waals surface area (Å²) in [6, 6.07) is 20.7. The van der Waals surface area contributed by atoms with E-state index in [1.165, 1.54) is 16.4 Å². The molecule has 0 aromatic heterocycles.